The van der Waals surface area contributed by atoms with Crippen LogP contribution in [0.2, 0.25) is 0 Å². The Morgan fingerprint density at radius 1 is 1.25 bits per heavy atom. The number of rotatable bonds is 2. The van der Waals surface area contributed by atoms with E-state index in [1.807, 2.05) is 7.05 Å². The van der Waals surface area contributed by atoms with Crippen LogP contribution in [-0.2, 0) is 17.6 Å². The van der Waals surface area contributed by atoms with E-state index in [-0.39, 0.29) is 6.10 Å². The summed E-state index contributed by atoms with van der Waals surface area (Å²) in [5.41, 5.74) is 2.54. The highest BCUT2D eigenvalue weighted by Gasteiger charge is 2.25. The molecule has 2 heterocycles. The van der Waals surface area contributed by atoms with Gasteiger partial charge in [0.05, 0.1) is 0 Å². The highest BCUT2D eigenvalue weighted by molar-refractivity contribution is 5.48. The molecule has 0 bridgehead atoms. The molecule has 0 saturated carbocycles. The van der Waals surface area contributed by atoms with Crippen molar-refractivity contribution in [2.24, 2.45) is 0 Å². The van der Waals surface area contributed by atoms with Gasteiger partial charge >= 0.3 is 0 Å². The number of aromatic nitrogens is 2. The van der Waals surface area contributed by atoms with Crippen molar-refractivity contribution >= 4 is 5.82 Å². The molecule has 0 radical (unpaired) electrons. The summed E-state index contributed by atoms with van der Waals surface area (Å²) in [7, 11) is 1.93. The summed E-state index contributed by atoms with van der Waals surface area (Å²) in [4.78, 5) is 9.27. The van der Waals surface area contributed by atoms with Crippen LogP contribution in [0.3, 0.4) is 0 Å². The van der Waals surface area contributed by atoms with E-state index in [2.05, 4.69) is 15.3 Å². The molecule has 1 saturated heterocycles. The van der Waals surface area contributed by atoms with Gasteiger partial charge in [-0.2, -0.15) is 0 Å². The zero-order chi connectivity index (χ0) is 11.0. The average Bonchev–Trinajstić information content (AvgIpc) is 2.97. The number of ether oxygens (including phenoxy) is 1. The first-order chi connectivity index (χ1) is 7.88. The van der Waals surface area contributed by atoms with Gasteiger partial charge in [0.1, 0.15) is 11.9 Å². The third kappa shape index (κ3) is 1.57. The molecule has 0 spiro atoms. The van der Waals surface area contributed by atoms with Crippen LogP contribution in [0.1, 0.15) is 42.4 Å². The molecule has 4 heteroatoms. The second-order valence-corrected chi connectivity index (χ2v) is 4.46. The molecule has 1 fully saturated rings. The van der Waals surface area contributed by atoms with E-state index in [9.17, 15) is 0 Å². The summed E-state index contributed by atoms with van der Waals surface area (Å²) in [6.07, 6.45) is 5.71. The van der Waals surface area contributed by atoms with Gasteiger partial charge < -0.3 is 10.1 Å². The van der Waals surface area contributed by atoms with Crippen LogP contribution in [0.4, 0.5) is 5.82 Å². The molecule has 0 amide bonds. The van der Waals surface area contributed by atoms with Gasteiger partial charge in [0.2, 0.25) is 0 Å². The highest BCUT2D eigenvalue weighted by Crippen LogP contribution is 2.31. The SMILES string of the molecule is CNc1nc(C2CCCO2)nc2c1CCC2. The molecule has 1 aliphatic heterocycles. The Labute approximate surface area is 95.4 Å². The van der Waals surface area contributed by atoms with E-state index in [4.69, 9.17) is 4.74 Å². The fourth-order valence-electron chi connectivity index (χ4n) is 2.58. The monoisotopic (exact) mass is 219 g/mol. The molecule has 3 rings (SSSR count). The van der Waals surface area contributed by atoms with Crippen LogP contribution in [0, 0.1) is 0 Å². The Morgan fingerprint density at radius 3 is 2.94 bits per heavy atom. The summed E-state index contributed by atoms with van der Waals surface area (Å²) >= 11 is 0. The van der Waals surface area contributed by atoms with Crippen molar-refractivity contribution in [1.82, 2.24) is 9.97 Å². The minimum atomic E-state index is 0.123. The third-order valence-electron chi connectivity index (χ3n) is 3.40. The number of anilines is 1. The number of aryl methyl sites for hydroxylation is 1. The summed E-state index contributed by atoms with van der Waals surface area (Å²) in [6, 6.07) is 0. The molecule has 1 unspecified atom stereocenters. The number of nitrogens with one attached hydrogen (secondary N) is 1. The van der Waals surface area contributed by atoms with Crippen LogP contribution in [0.15, 0.2) is 0 Å². The van der Waals surface area contributed by atoms with Crippen molar-refractivity contribution < 1.29 is 4.74 Å². The minimum Gasteiger partial charge on any atom is -0.373 e. The smallest absolute Gasteiger partial charge is 0.159 e. The quantitative estimate of drug-likeness (QED) is 0.824. The van der Waals surface area contributed by atoms with Crippen molar-refractivity contribution in [2.75, 3.05) is 19.0 Å². The van der Waals surface area contributed by atoms with Crippen LogP contribution >= 0.6 is 0 Å². The van der Waals surface area contributed by atoms with Gasteiger partial charge in [-0.05, 0) is 32.1 Å². The van der Waals surface area contributed by atoms with Crippen molar-refractivity contribution in [2.45, 2.75) is 38.2 Å². The summed E-state index contributed by atoms with van der Waals surface area (Å²) in [5.74, 6) is 1.88. The van der Waals surface area contributed by atoms with Gasteiger partial charge in [-0.15, -0.1) is 0 Å². The van der Waals surface area contributed by atoms with Crippen LogP contribution < -0.4 is 5.32 Å². The molecule has 1 N–H and O–H groups in total. The largest absolute Gasteiger partial charge is 0.373 e. The van der Waals surface area contributed by atoms with Gasteiger partial charge in [0, 0.05) is 24.9 Å². The second kappa shape index (κ2) is 4.01. The maximum Gasteiger partial charge on any atom is 0.159 e. The van der Waals surface area contributed by atoms with Crippen LogP contribution in [0.5, 0.6) is 0 Å². The van der Waals surface area contributed by atoms with E-state index in [0.717, 1.165) is 43.9 Å². The zero-order valence-corrected chi connectivity index (χ0v) is 9.62. The fourth-order valence-corrected chi connectivity index (χ4v) is 2.58. The summed E-state index contributed by atoms with van der Waals surface area (Å²) < 4.78 is 5.65. The maximum atomic E-state index is 5.65. The molecule has 86 valence electrons. The normalized spacial score (nSPS) is 23.4. The second-order valence-electron chi connectivity index (χ2n) is 4.46. The van der Waals surface area contributed by atoms with Gasteiger partial charge in [0.25, 0.3) is 0 Å². The van der Waals surface area contributed by atoms with E-state index in [1.54, 1.807) is 0 Å². The molecule has 16 heavy (non-hydrogen) atoms. The Kier molecular flexibility index (Phi) is 2.52. The molecule has 1 aromatic rings. The summed E-state index contributed by atoms with van der Waals surface area (Å²) in [6.45, 7) is 0.847. The predicted octanol–water partition coefficient (Wildman–Crippen LogP) is 1.86. The first kappa shape index (κ1) is 10.0. The Balaban J connectivity index is 2.00. The van der Waals surface area contributed by atoms with Crippen molar-refractivity contribution in [1.29, 1.82) is 0 Å². The van der Waals surface area contributed by atoms with E-state index in [0.29, 0.717) is 0 Å². The van der Waals surface area contributed by atoms with Gasteiger partial charge in [-0.1, -0.05) is 0 Å². The van der Waals surface area contributed by atoms with Crippen molar-refractivity contribution in [3.63, 3.8) is 0 Å². The minimum absolute atomic E-state index is 0.123. The standard InChI is InChI=1S/C12H17N3O/c1-13-11-8-4-2-5-9(8)14-12(15-11)10-6-3-7-16-10/h10H,2-7H2,1H3,(H,13,14,15). The molecule has 1 atom stereocenters. The Hall–Kier alpha value is -1.16. The highest BCUT2D eigenvalue weighted by atomic mass is 16.5. The average molecular weight is 219 g/mol. The lowest BCUT2D eigenvalue weighted by Gasteiger charge is -2.13. The third-order valence-corrected chi connectivity index (χ3v) is 3.40. The van der Waals surface area contributed by atoms with Crippen LogP contribution in [0.25, 0.3) is 0 Å². The lowest BCUT2D eigenvalue weighted by molar-refractivity contribution is 0.105. The lowest BCUT2D eigenvalue weighted by atomic mass is 10.2. The maximum absolute atomic E-state index is 5.65. The number of nitrogens with zero attached hydrogens (tertiary/aromatic N) is 2. The van der Waals surface area contributed by atoms with Crippen molar-refractivity contribution in [3.05, 3.63) is 17.1 Å². The van der Waals surface area contributed by atoms with Gasteiger partial charge in [0.15, 0.2) is 5.82 Å². The molecular weight excluding hydrogens is 202 g/mol. The molecule has 4 nitrogen and oxygen atoms in total. The van der Waals surface area contributed by atoms with E-state index < -0.39 is 0 Å². The first-order valence-electron chi connectivity index (χ1n) is 6.07. The number of hydrogen-bond acceptors (Lipinski definition) is 4. The van der Waals surface area contributed by atoms with E-state index in [1.165, 1.54) is 17.7 Å². The molecule has 1 aliphatic carbocycles. The van der Waals surface area contributed by atoms with Crippen molar-refractivity contribution in [3.8, 4) is 0 Å². The van der Waals surface area contributed by atoms with Gasteiger partial charge in [-0.25, -0.2) is 9.97 Å². The predicted molar refractivity (Wildman–Crippen MR) is 61.5 cm³/mol. The Bertz CT molecular complexity index is 399. The zero-order valence-electron chi connectivity index (χ0n) is 9.62. The topological polar surface area (TPSA) is 47.0 Å². The number of hydrogen-bond donors (Lipinski definition) is 1. The summed E-state index contributed by atoms with van der Waals surface area (Å²) in [5, 5.41) is 3.18. The molecule has 1 aromatic heterocycles. The first-order valence-corrected chi connectivity index (χ1v) is 6.07. The Morgan fingerprint density at radius 2 is 2.19 bits per heavy atom. The number of fused-ring (bicyclic) bond motifs is 1. The lowest BCUT2D eigenvalue weighted by Crippen LogP contribution is -2.09. The van der Waals surface area contributed by atoms with E-state index >= 15 is 0 Å². The fraction of sp³-hybridized carbons (Fsp3) is 0.667. The molecule has 2 aliphatic rings. The molecule has 0 aromatic carbocycles. The van der Waals surface area contributed by atoms with Crippen LogP contribution in [-0.4, -0.2) is 23.6 Å². The molecular formula is C12H17N3O. The van der Waals surface area contributed by atoms with Gasteiger partial charge in [-0.3, -0.25) is 0 Å².